The molecule has 0 radical (unpaired) electrons. The molecule has 116 valence electrons. The second-order valence-corrected chi connectivity index (χ2v) is 5.56. The van der Waals surface area contributed by atoms with Crippen LogP contribution in [0.25, 0.3) is 0 Å². The van der Waals surface area contributed by atoms with Crippen molar-refractivity contribution in [3.8, 4) is 5.75 Å². The SMILES string of the molecule is CCOc1c(Br)cc(F)cc1NC(=O)c1ccc(CC)cc1. The van der Waals surface area contributed by atoms with E-state index in [1.165, 1.54) is 12.1 Å². The minimum Gasteiger partial charge on any atom is -0.491 e. The lowest BCUT2D eigenvalue weighted by Gasteiger charge is -2.13. The van der Waals surface area contributed by atoms with E-state index in [9.17, 15) is 9.18 Å². The maximum atomic E-state index is 13.6. The molecule has 3 nitrogen and oxygen atoms in total. The Kier molecular flexibility index (Phi) is 5.55. The van der Waals surface area contributed by atoms with Crippen molar-refractivity contribution < 1.29 is 13.9 Å². The second-order valence-electron chi connectivity index (χ2n) is 4.70. The van der Waals surface area contributed by atoms with Gasteiger partial charge in [-0.1, -0.05) is 19.1 Å². The number of halogens is 2. The molecule has 0 atom stereocenters. The number of hydrogen-bond donors (Lipinski definition) is 1. The Hall–Kier alpha value is -1.88. The molecule has 0 aliphatic rings. The average molecular weight is 366 g/mol. The third-order valence-corrected chi connectivity index (χ3v) is 3.76. The monoisotopic (exact) mass is 365 g/mol. The summed E-state index contributed by atoms with van der Waals surface area (Å²) < 4.78 is 19.5. The summed E-state index contributed by atoms with van der Waals surface area (Å²) in [6.07, 6.45) is 0.910. The van der Waals surface area contributed by atoms with Gasteiger partial charge in [-0.3, -0.25) is 4.79 Å². The van der Waals surface area contributed by atoms with Crippen molar-refractivity contribution in [2.75, 3.05) is 11.9 Å². The molecule has 0 saturated carbocycles. The predicted octanol–water partition coefficient (Wildman–Crippen LogP) is 4.80. The second kappa shape index (κ2) is 7.40. The number of benzene rings is 2. The van der Waals surface area contributed by atoms with Crippen molar-refractivity contribution in [2.24, 2.45) is 0 Å². The topological polar surface area (TPSA) is 38.3 Å². The molecule has 0 aliphatic carbocycles. The summed E-state index contributed by atoms with van der Waals surface area (Å²) in [7, 11) is 0. The van der Waals surface area contributed by atoms with E-state index in [4.69, 9.17) is 4.74 Å². The van der Waals surface area contributed by atoms with Crippen LogP contribution in [-0.4, -0.2) is 12.5 Å². The van der Waals surface area contributed by atoms with Crippen LogP contribution in [0.4, 0.5) is 10.1 Å². The molecule has 2 aromatic carbocycles. The van der Waals surface area contributed by atoms with Crippen molar-refractivity contribution in [2.45, 2.75) is 20.3 Å². The summed E-state index contributed by atoms with van der Waals surface area (Å²) in [4.78, 5) is 12.3. The number of amides is 1. The summed E-state index contributed by atoms with van der Waals surface area (Å²) >= 11 is 3.25. The first-order chi connectivity index (χ1) is 10.5. The highest BCUT2D eigenvalue weighted by atomic mass is 79.9. The van der Waals surface area contributed by atoms with Crippen molar-refractivity contribution in [3.63, 3.8) is 0 Å². The fraction of sp³-hybridized carbons (Fsp3) is 0.235. The van der Waals surface area contributed by atoms with Crippen molar-refractivity contribution in [1.82, 2.24) is 0 Å². The Balaban J connectivity index is 2.26. The van der Waals surface area contributed by atoms with E-state index >= 15 is 0 Å². The number of hydrogen-bond acceptors (Lipinski definition) is 2. The molecular weight excluding hydrogens is 349 g/mol. The van der Waals surface area contributed by atoms with Gasteiger partial charge in [0.15, 0.2) is 5.75 Å². The number of aryl methyl sites for hydroxylation is 1. The fourth-order valence-corrected chi connectivity index (χ4v) is 2.58. The van der Waals surface area contributed by atoms with Crippen LogP contribution >= 0.6 is 15.9 Å². The Morgan fingerprint density at radius 1 is 1.23 bits per heavy atom. The fourth-order valence-electron chi connectivity index (χ4n) is 2.03. The predicted molar refractivity (Wildman–Crippen MR) is 89.0 cm³/mol. The molecule has 0 aromatic heterocycles. The molecule has 0 bridgehead atoms. The third kappa shape index (κ3) is 3.85. The lowest BCUT2D eigenvalue weighted by Crippen LogP contribution is -2.13. The maximum absolute atomic E-state index is 13.6. The van der Waals surface area contributed by atoms with Crippen LogP contribution in [0.15, 0.2) is 40.9 Å². The molecule has 0 saturated heterocycles. The number of rotatable bonds is 5. The summed E-state index contributed by atoms with van der Waals surface area (Å²) in [6, 6.07) is 9.86. The number of carbonyl (C=O) groups excluding carboxylic acids is 1. The molecule has 1 N–H and O–H groups in total. The molecule has 2 aromatic rings. The molecule has 0 spiro atoms. The first-order valence-electron chi connectivity index (χ1n) is 7.07. The smallest absolute Gasteiger partial charge is 0.255 e. The summed E-state index contributed by atoms with van der Waals surface area (Å²) in [6.45, 7) is 4.29. The molecule has 0 unspecified atom stereocenters. The Morgan fingerprint density at radius 2 is 1.91 bits per heavy atom. The summed E-state index contributed by atoms with van der Waals surface area (Å²) in [5.41, 5.74) is 1.97. The van der Waals surface area contributed by atoms with Gasteiger partial charge in [0.05, 0.1) is 16.8 Å². The standard InChI is InChI=1S/C17H17BrFNO2/c1-3-11-5-7-12(8-6-11)17(21)20-15-10-13(19)9-14(18)16(15)22-4-2/h5-10H,3-4H2,1-2H3,(H,20,21). The molecular formula is C17H17BrFNO2. The van der Waals surface area contributed by atoms with E-state index in [1.807, 2.05) is 26.0 Å². The van der Waals surface area contributed by atoms with Crippen LogP contribution in [0.1, 0.15) is 29.8 Å². The zero-order valence-electron chi connectivity index (χ0n) is 12.5. The zero-order chi connectivity index (χ0) is 16.1. The molecule has 0 heterocycles. The van der Waals surface area contributed by atoms with E-state index in [-0.39, 0.29) is 5.91 Å². The first-order valence-corrected chi connectivity index (χ1v) is 7.86. The van der Waals surface area contributed by atoms with E-state index in [1.54, 1.807) is 12.1 Å². The highest BCUT2D eigenvalue weighted by Gasteiger charge is 2.14. The van der Waals surface area contributed by atoms with Gasteiger partial charge in [-0.25, -0.2) is 4.39 Å². The average Bonchev–Trinajstić information content (AvgIpc) is 2.50. The quantitative estimate of drug-likeness (QED) is 0.826. The minimum absolute atomic E-state index is 0.304. The minimum atomic E-state index is -0.452. The van der Waals surface area contributed by atoms with Crippen molar-refractivity contribution in [1.29, 1.82) is 0 Å². The molecule has 1 amide bonds. The molecule has 0 fully saturated rings. The van der Waals surface area contributed by atoms with Gasteiger partial charge in [0.1, 0.15) is 5.82 Å². The van der Waals surface area contributed by atoms with Crippen LogP contribution < -0.4 is 10.1 Å². The van der Waals surface area contributed by atoms with Crippen molar-refractivity contribution >= 4 is 27.5 Å². The lowest BCUT2D eigenvalue weighted by molar-refractivity contribution is 0.102. The van der Waals surface area contributed by atoms with Gasteiger partial charge in [0, 0.05) is 11.6 Å². The number of anilines is 1. The van der Waals surface area contributed by atoms with Gasteiger partial charge in [-0.05, 0) is 53.0 Å². The molecule has 5 heteroatoms. The van der Waals surface area contributed by atoms with Gasteiger partial charge < -0.3 is 10.1 Å². The van der Waals surface area contributed by atoms with Crippen LogP contribution in [0, 0.1) is 5.82 Å². The molecule has 0 aliphatic heterocycles. The van der Waals surface area contributed by atoms with E-state index in [0.717, 1.165) is 12.0 Å². The number of carbonyl (C=O) groups is 1. The van der Waals surface area contributed by atoms with Gasteiger partial charge in [-0.2, -0.15) is 0 Å². The van der Waals surface area contributed by atoms with Crippen LogP contribution in [0.3, 0.4) is 0 Å². The summed E-state index contributed by atoms with van der Waals surface area (Å²) in [5.74, 6) is -0.338. The number of ether oxygens (including phenoxy) is 1. The van der Waals surface area contributed by atoms with Gasteiger partial charge in [-0.15, -0.1) is 0 Å². The Bertz CT molecular complexity index is 671. The highest BCUT2D eigenvalue weighted by Crippen LogP contribution is 2.34. The highest BCUT2D eigenvalue weighted by molar-refractivity contribution is 9.10. The summed E-state index contributed by atoms with van der Waals surface area (Å²) in [5, 5.41) is 2.70. The van der Waals surface area contributed by atoms with Crippen molar-refractivity contribution in [3.05, 3.63) is 57.8 Å². The zero-order valence-corrected chi connectivity index (χ0v) is 14.0. The third-order valence-electron chi connectivity index (χ3n) is 3.17. The van der Waals surface area contributed by atoms with Crippen LogP contribution in [0.5, 0.6) is 5.75 Å². The maximum Gasteiger partial charge on any atom is 0.255 e. The normalized spacial score (nSPS) is 10.4. The van der Waals surface area contributed by atoms with E-state index in [0.29, 0.717) is 28.1 Å². The largest absolute Gasteiger partial charge is 0.491 e. The number of nitrogens with one attached hydrogen (secondary N) is 1. The molecule has 22 heavy (non-hydrogen) atoms. The van der Waals surface area contributed by atoms with Gasteiger partial charge in [0.25, 0.3) is 5.91 Å². The van der Waals surface area contributed by atoms with Crippen LogP contribution in [0.2, 0.25) is 0 Å². The van der Waals surface area contributed by atoms with Gasteiger partial charge in [0.2, 0.25) is 0 Å². The van der Waals surface area contributed by atoms with E-state index in [2.05, 4.69) is 21.2 Å². The molecule has 2 rings (SSSR count). The Labute approximate surface area is 137 Å². The van der Waals surface area contributed by atoms with Gasteiger partial charge >= 0.3 is 0 Å². The Morgan fingerprint density at radius 3 is 2.50 bits per heavy atom. The first kappa shape index (κ1) is 16.5. The van der Waals surface area contributed by atoms with E-state index < -0.39 is 5.82 Å². The van der Waals surface area contributed by atoms with Crippen LogP contribution in [-0.2, 0) is 6.42 Å². The lowest BCUT2D eigenvalue weighted by atomic mass is 10.1.